The molecule has 0 atom stereocenters. The monoisotopic (exact) mass is 287 g/mol. The van der Waals surface area contributed by atoms with Crippen LogP contribution in [0.2, 0.25) is 0 Å². The van der Waals surface area contributed by atoms with Gasteiger partial charge in [-0.2, -0.15) is 0 Å². The Morgan fingerprint density at radius 2 is 1.80 bits per heavy atom. The number of carbonyl (C=O) groups excluding carboxylic acids is 2. The molecule has 0 unspecified atom stereocenters. The zero-order chi connectivity index (χ0) is 15.8. The van der Waals surface area contributed by atoms with E-state index in [0.717, 1.165) is 0 Å². The first-order valence-electron chi connectivity index (χ1n) is 6.50. The van der Waals surface area contributed by atoms with Crippen molar-refractivity contribution >= 4 is 11.9 Å². The van der Waals surface area contributed by atoms with Crippen LogP contribution in [0.1, 0.15) is 41.0 Å². The highest BCUT2D eigenvalue weighted by molar-refractivity contribution is 6.32. The summed E-state index contributed by atoms with van der Waals surface area (Å²) in [5.41, 5.74) is -1.21. The van der Waals surface area contributed by atoms with Crippen LogP contribution in [0.3, 0.4) is 0 Å². The maximum Gasteiger partial charge on any atom is 0.397 e. The van der Waals surface area contributed by atoms with Gasteiger partial charge in [0.25, 0.3) is 0 Å². The Bertz CT molecular complexity index is 344. The molecule has 0 aliphatic carbocycles. The van der Waals surface area contributed by atoms with Gasteiger partial charge in [-0.1, -0.05) is 6.08 Å². The molecule has 0 aliphatic heterocycles. The molecule has 1 amide bonds. The average Bonchev–Trinajstić information content (AvgIpc) is 2.30. The van der Waals surface area contributed by atoms with Crippen LogP contribution in [0.15, 0.2) is 12.7 Å². The highest BCUT2D eigenvalue weighted by Gasteiger charge is 2.27. The molecule has 0 saturated heterocycles. The van der Waals surface area contributed by atoms with Crippen molar-refractivity contribution in [3.63, 3.8) is 0 Å². The molecule has 0 aromatic heterocycles. The Labute approximate surface area is 120 Å². The molecular weight excluding hydrogens is 262 g/mol. The van der Waals surface area contributed by atoms with Gasteiger partial charge >= 0.3 is 11.9 Å². The van der Waals surface area contributed by atoms with Crippen LogP contribution in [-0.4, -0.2) is 36.2 Å². The number of amides is 1. The molecule has 1 N–H and O–H groups in total. The van der Waals surface area contributed by atoms with E-state index in [1.165, 1.54) is 6.08 Å². The molecular formula is C14H25NO5. The topological polar surface area (TPSA) is 73.9 Å². The quantitative estimate of drug-likeness (QED) is 0.193. The predicted molar refractivity (Wildman–Crippen MR) is 74.8 cm³/mol. The second-order valence-corrected chi connectivity index (χ2v) is 5.92. The van der Waals surface area contributed by atoms with E-state index < -0.39 is 23.1 Å². The lowest BCUT2D eigenvalue weighted by Crippen LogP contribution is -2.39. The Kier molecular flexibility index (Phi) is 7.45. The van der Waals surface area contributed by atoms with Crippen molar-refractivity contribution in [1.82, 2.24) is 5.32 Å². The van der Waals surface area contributed by atoms with E-state index >= 15 is 0 Å². The number of esters is 1. The molecule has 0 radical (unpaired) electrons. The fourth-order valence-electron chi connectivity index (χ4n) is 1.09. The zero-order valence-electron chi connectivity index (χ0n) is 12.9. The van der Waals surface area contributed by atoms with Crippen LogP contribution >= 0.6 is 0 Å². The SMILES string of the molecule is C=CCNC(=O)C(=O)OC(C)(C)CCOOC(C)(C)C. The minimum atomic E-state index is -0.923. The van der Waals surface area contributed by atoms with Crippen molar-refractivity contribution in [3.05, 3.63) is 12.7 Å². The zero-order valence-corrected chi connectivity index (χ0v) is 12.9. The van der Waals surface area contributed by atoms with Crippen LogP contribution in [-0.2, 0) is 24.1 Å². The van der Waals surface area contributed by atoms with Crippen molar-refractivity contribution in [2.24, 2.45) is 0 Å². The minimum absolute atomic E-state index is 0.219. The van der Waals surface area contributed by atoms with Gasteiger partial charge in [-0.05, 0) is 34.6 Å². The highest BCUT2D eigenvalue weighted by atomic mass is 17.2. The average molecular weight is 287 g/mol. The van der Waals surface area contributed by atoms with E-state index in [-0.39, 0.29) is 13.2 Å². The van der Waals surface area contributed by atoms with Crippen molar-refractivity contribution in [2.75, 3.05) is 13.2 Å². The number of carbonyl (C=O) groups is 2. The molecule has 0 aliphatic rings. The molecule has 0 rings (SSSR count). The van der Waals surface area contributed by atoms with Gasteiger partial charge in [0.2, 0.25) is 0 Å². The smallest absolute Gasteiger partial charge is 0.397 e. The third-order valence-electron chi connectivity index (χ3n) is 2.06. The van der Waals surface area contributed by atoms with E-state index in [0.29, 0.717) is 6.42 Å². The van der Waals surface area contributed by atoms with E-state index in [4.69, 9.17) is 14.5 Å². The summed E-state index contributed by atoms with van der Waals surface area (Å²) >= 11 is 0. The summed E-state index contributed by atoms with van der Waals surface area (Å²) in [5, 5.41) is 2.35. The van der Waals surface area contributed by atoms with E-state index in [1.807, 2.05) is 20.8 Å². The Morgan fingerprint density at radius 3 is 2.30 bits per heavy atom. The maximum atomic E-state index is 11.5. The summed E-state index contributed by atoms with van der Waals surface area (Å²) in [7, 11) is 0. The van der Waals surface area contributed by atoms with Gasteiger partial charge in [-0.15, -0.1) is 6.58 Å². The van der Waals surface area contributed by atoms with Crippen LogP contribution in [0, 0.1) is 0 Å². The van der Waals surface area contributed by atoms with Crippen LogP contribution < -0.4 is 5.32 Å². The maximum absolute atomic E-state index is 11.5. The lowest BCUT2D eigenvalue weighted by molar-refractivity contribution is -0.351. The first kappa shape index (κ1) is 18.6. The fourth-order valence-corrected chi connectivity index (χ4v) is 1.09. The molecule has 6 nitrogen and oxygen atoms in total. The van der Waals surface area contributed by atoms with Gasteiger partial charge in [0.15, 0.2) is 0 Å². The molecule has 0 fully saturated rings. The third kappa shape index (κ3) is 9.52. The number of hydrogen-bond acceptors (Lipinski definition) is 5. The summed E-state index contributed by atoms with van der Waals surface area (Å²) in [6.45, 7) is 12.9. The van der Waals surface area contributed by atoms with E-state index in [2.05, 4.69) is 11.9 Å². The molecule has 0 bridgehead atoms. The van der Waals surface area contributed by atoms with Crippen LogP contribution in [0.25, 0.3) is 0 Å². The Morgan fingerprint density at radius 1 is 1.20 bits per heavy atom. The summed E-state index contributed by atoms with van der Waals surface area (Å²) in [4.78, 5) is 33.0. The summed E-state index contributed by atoms with van der Waals surface area (Å²) in [6, 6.07) is 0. The molecule has 0 saturated carbocycles. The standard InChI is InChI=1S/C14H25NO5/c1-7-9-15-11(16)12(17)19-14(5,6)8-10-18-20-13(2,3)4/h7H,1,8-10H2,2-6H3,(H,15,16). The Balaban J connectivity index is 4.08. The summed E-state index contributed by atoms with van der Waals surface area (Å²) in [5.74, 6) is -1.71. The predicted octanol–water partition coefficient (Wildman–Crippen LogP) is 1.75. The van der Waals surface area contributed by atoms with Gasteiger partial charge in [0.1, 0.15) is 5.60 Å². The molecule has 0 spiro atoms. The molecule has 116 valence electrons. The van der Waals surface area contributed by atoms with Crippen molar-refractivity contribution < 1.29 is 24.1 Å². The van der Waals surface area contributed by atoms with Crippen LogP contribution in [0.4, 0.5) is 0 Å². The van der Waals surface area contributed by atoms with Gasteiger partial charge < -0.3 is 10.1 Å². The van der Waals surface area contributed by atoms with Gasteiger partial charge in [-0.3, -0.25) is 4.79 Å². The number of hydrogen-bond donors (Lipinski definition) is 1. The third-order valence-corrected chi connectivity index (χ3v) is 2.06. The van der Waals surface area contributed by atoms with Crippen molar-refractivity contribution in [2.45, 2.75) is 52.2 Å². The van der Waals surface area contributed by atoms with Gasteiger partial charge in [0.05, 0.1) is 12.2 Å². The highest BCUT2D eigenvalue weighted by Crippen LogP contribution is 2.16. The fraction of sp³-hybridized carbons (Fsp3) is 0.714. The molecule has 6 heteroatoms. The second kappa shape index (κ2) is 8.01. The normalized spacial score (nSPS) is 11.8. The van der Waals surface area contributed by atoms with E-state index in [9.17, 15) is 9.59 Å². The summed E-state index contributed by atoms with van der Waals surface area (Å²) in [6.07, 6.45) is 1.89. The number of ether oxygens (including phenoxy) is 1. The lowest BCUT2D eigenvalue weighted by Gasteiger charge is -2.25. The number of nitrogens with one attached hydrogen (secondary N) is 1. The first-order valence-corrected chi connectivity index (χ1v) is 6.50. The molecule has 0 aromatic carbocycles. The Hall–Kier alpha value is -1.40. The van der Waals surface area contributed by atoms with Crippen molar-refractivity contribution in [3.8, 4) is 0 Å². The molecule has 0 aromatic rings. The second-order valence-electron chi connectivity index (χ2n) is 5.92. The van der Waals surface area contributed by atoms with Gasteiger partial charge in [0, 0.05) is 13.0 Å². The molecule has 20 heavy (non-hydrogen) atoms. The van der Waals surface area contributed by atoms with Gasteiger partial charge in [-0.25, -0.2) is 14.6 Å². The van der Waals surface area contributed by atoms with Crippen molar-refractivity contribution in [1.29, 1.82) is 0 Å². The minimum Gasteiger partial charge on any atom is -0.452 e. The summed E-state index contributed by atoms with van der Waals surface area (Å²) < 4.78 is 5.11. The first-order chi connectivity index (χ1) is 9.07. The molecule has 0 heterocycles. The largest absolute Gasteiger partial charge is 0.452 e. The van der Waals surface area contributed by atoms with E-state index in [1.54, 1.807) is 13.8 Å². The number of rotatable bonds is 7. The lowest BCUT2D eigenvalue weighted by atomic mass is 10.1. The van der Waals surface area contributed by atoms with Crippen LogP contribution in [0.5, 0.6) is 0 Å².